The van der Waals surface area contributed by atoms with Crippen LogP contribution in [0.1, 0.15) is 49.4 Å². The van der Waals surface area contributed by atoms with Crippen molar-refractivity contribution in [3.05, 3.63) is 75.9 Å². The molecule has 1 N–H and O–H groups in total. The summed E-state index contributed by atoms with van der Waals surface area (Å²) >= 11 is 0. The van der Waals surface area contributed by atoms with Crippen LogP contribution in [-0.2, 0) is 11.3 Å². The standard InChI is InChI=1S/C23H23FN6O3/c24-15-10-11-20(30(32)33)21(12-15)28-14-17-13-25-27-29(17)19-9-5-4-8-18(19)22(28)23(31)26-16-6-2-1-3-7-16/h4-5,8-13,16,22H,1-3,6-7,14H2,(H,26,31). The van der Waals surface area contributed by atoms with Gasteiger partial charge in [-0.3, -0.25) is 14.9 Å². The van der Waals surface area contributed by atoms with Crippen molar-refractivity contribution < 1.29 is 14.1 Å². The topological polar surface area (TPSA) is 106 Å². The number of nitrogens with one attached hydrogen (secondary N) is 1. The highest BCUT2D eigenvalue weighted by Crippen LogP contribution is 2.40. The molecular weight excluding hydrogens is 427 g/mol. The van der Waals surface area contributed by atoms with Crippen LogP contribution in [0, 0.1) is 15.9 Å². The fraction of sp³-hybridized carbons (Fsp3) is 0.348. The highest BCUT2D eigenvalue weighted by Gasteiger charge is 2.38. The Hall–Kier alpha value is -3.82. The molecule has 1 aromatic heterocycles. The molecule has 3 aromatic rings. The van der Waals surface area contributed by atoms with E-state index in [4.69, 9.17) is 0 Å². The maximum Gasteiger partial charge on any atom is 0.292 e. The third-order valence-corrected chi connectivity index (χ3v) is 6.37. The predicted molar refractivity (Wildman–Crippen MR) is 118 cm³/mol. The minimum Gasteiger partial charge on any atom is -0.351 e. The Balaban J connectivity index is 1.67. The molecule has 0 radical (unpaired) electrons. The molecule has 1 aliphatic heterocycles. The van der Waals surface area contributed by atoms with Gasteiger partial charge in [0, 0.05) is 23.7 Å². The first kappa shape index (κ1) is 21.0. The van der Waals surface area contributed by atoms with Crippen molar-refractivity contribution >= 4 is 17.3 Å². The summed E-state index contributed by atoms with van der Waals surface area (Å²) in [6.07, 6.45) is 6.58. The SMILES string of the molecule is O=C(NC1CCCCC1)C1c2ccccc2-n2nncc2CN1c1cc(F)ccc1[N+](=O)[O-]. The molecule has 33 heavy (non-hydrogen) atoms. The van der Waals surface area contributed by atoms with E-state index in [1.54, 1.807) is 27.9 Å². The number of hydrogen-bond donors (Lipinski definition) is 1. The van der Waals surface area contributed by atoms with Crippen molar-refractivity contribution in [2.45, 2.75) is 50.7 Å². The Kier molecular flexibility index (Phi) is 5.49. The second-order valence-corrected chi connectivity index (χ2v) is 8.46. The molecule has 5 rings (SSSR count). The Morgan fingerprint density at radius 3 is 2.70 bits per heavy atom. The van der Waals surface area contributed by atoms with Crippen molar-refractivity contribution in [2.24, 2.45) is 0 Å². The molecule has 170 valence electrons. The van der Waals surface area contributed by atoms with E-state index in [9.17, 15) is 19.3 Å². The molecule has 2 aliphatic rings. The number of rotatable bonds is 4. The number of halogens is 1. The van der Waals surface area contributed by atoms with Crippen LogP contribution in [-0.4, -0.2) is 31.9 Å². The van der Waals surface area contributed by atoms with Crippen molar-refractivity contribution in [3.63, 3.8) is 0 Å². The summed E-state index contributed by atoms with van der Waals surface area (Å²) in [5.74, 6) is -0.891. The molecule has 10 heteroatoms. The fourth-order valence-corrected chi connectivity index (χ4v) is 4.83. The molecule has 2 aromatic carbocycles. The third kappa shape index (κ3) is 3.92. The van der Waals surface area contributed by atoms with Gasteiger partial charge in [0.25, 0.3) is 5.69 Å². The van der Waals surface area contributed by atoms with Gasteiger partial charge in [-0.1, -0.05) is 42.7 Å². The lowest BCUT2D eigenvalue weighted by Crippen LogP contribution is -2.45. The quantitative estimate of drug-likeness (QED) is 0.478. The first-order chi connectivity index (χ1) is 16.0. The highest BCUT2D eigenvalue weighted by atomic mass is 19.1. The number of fused-ring (bicyclic) bond motifs is 3. The molecule has 9 nitrogen and oxygen atoms in total. The van der Waals surface area contributed by atoms with E-state index < -0.39 is 16.8 Å². The summed E-state index contributed by atoms with van der Waals surface area (Å²) in [4.78, 5) is 26.6. The highest BCUT2D eigenvalue weighted by molar-refractivity contribution is 5.89. The Bertz CT molecular complexity index is 1210. The molecule has 1 unspecified atom stereocenters. The molecule has 1 saturated carbocycles. The van der Waals surface area contributed by atoms with Crippen LogP contribution < -0.4 is 10.2 Å². The van der Waals surface area contributed by atoms with Crippen molar-refractivity contribution in [1.82, 2.24) is 20.3 Å². The minimum absolute atomic E-state index is 0.0354. The second-order valence-electron chi connectivity index (χ2n) is 8.46. The second kappa shape index (κ2) is 8.61. The molecule has 1 fully saturated rings. The van der Waals surface area contributed by atoms with Crippen molar-refractivity contribution in [3.8, 4) is 5.69 Å². The van der Waals surface area contributed by atoms with Gasteiger partial charge in [-0.05, 0) is 25.0 Å². The number of benzene rings is 2. The smallest absolute Gasteiger partial charge is 0.292 e. The number of nitro groups is 1. The molecule has 1 atom stereocenters. The first-order valence-corrected chi connectivity index (χ1v) is 11.0. The zero-order valence-corrected chi connectivity index (χ0v) is 17.9. The Labute approximate surface area is 189 Å². The van der Waals surface area contributed by atoms with Crippen LogP contribution in [0.25, 0.3) is 5.69 Å². The molecule has 1 aliphatic carbocycles. The van der Waals surface area contributed by atoms with Gasteiger partial charge in [-0.15, -0.1) is 5.10 Å². The van der Waals surface area contributed by atoms with Gasteiger partial charge in [0.2, 0.25) is 5.91 Å². The van der Waals surface area contributed by atoms with Gasteiger partial charge >= 0.3 is 0 Å². The lowest BCUT2D eigenvalue weighted by Gasteiger charge is -2.33. The van der Waals surface area contributed by atoms with E-state index in [1.165, 1.54) is 0 Å². The van der Waals surface area contributed by atoms with Gasteiger partial charge in [0.05, 0.1) is 29.0 Å². The fourth-order valence-electron chi connectivity index (χ4n) is 4.83. The third-order valence-electron chi connectivity index (χ3n) is 6.37. The first-order valence-electron chi connectivity index (χ1n) is 11.0. The molecular formula is C23H23FN6O3. The number of nitrogens with zero attached hydrogens (tertiary/aromatic N) is 5. The largest absolute Gasteiger partial charge is 0.351 e. The maximum atomic E-state index is 14.3. The van der Waals surface area contributed by atoms with Crippen LogP contribution in [0.15, 0.2) is 48.7 Å². The number of nitro benzene ring substituents is 1. The van der Waals surface area contributed by atoms with E-state index in [2.05, 4.69) is 15.6 Å². The van der Waals surface area contributed by atoms with Gasteiger partial charge in [0.15, 0.2) is 0 Å². The number of carbonyl (C=O) groups is 1. The van der Waals surface area contributed by atoms with Crippen LogP contribution in [0.5, 0.6) is 0 Å². The average Bonchev–Trinajstić information content (AvgIpc) is 3.22. The van der Waals surface area contributed by atoms with Gasteiger partial charge < -0.3 is 10.2 Å². The number of aromatic nitrogens is 3. The van der Waals surface area contributed by atoms with Gasteiger partial charge in [0.1, 0.15) is 17.5 Å². The van der Waals surface area contributed by atoms with Crippen molar-refractivity contribution in [2.75, 3.05) is 4.90 Å². The number of anilines is 1. The number of hydrogen-bond acceptors (Lipinski definition) is 6. The van der Waals surface area contributed by atoms with E-state index in [-0.39, 0.29) is 29.9 Å². The lowest BCUT2D eigenvalue weighted by molar-refractivity contribution is -0.384. The van der Waals surface area contributed by atoms with Gasteiger partial charge in [-0.2, -0.15) is 0 Å². The summed E-state index contributed by atoms with van der Waals surface area (Å²) in [6.45, 7) is 0.0920. The summed E-state index contributed by atoms with van der Waals surface area (Å²) < 4.78 is 15.9. The number of amides is 1. The van der Waals surface area contributed by atoms with Crippen LogP contribution in [0.3, 0.4) is 0 Å². The normalized spacial score (nSPS) is 18.2. The predicted octanol–water partition coefficient (Wildman–Crippen LogP) is 3.82. The number of carbonyl (C=O) groups excluding carboxylic acids is 1. The lowest BCUT2D eigenvalue weighted by atomic mass is 9.94. The monoisotopic (exact) mass is 450 g/mol. The summed E-state index contributed by atoms with van der Waals surface area (Å²) in [5.41, 5.74) is 1.68. The molecule has 0 bridgehead atoms. The number of para-hydroxylation sites is 1. The average molecular weight is 450 g/mol. The van der Waals surface area contributed by atoms with Crippen LogP contribution in [0.2, 0.25) is 0 Å². The van der Waals surface area contributed by atoms with E-state index in [1.807, 2.05) is 12.1 Å². The Morgan fingerprint density at radius 2 is 1.91 bits per heavy atom. The summed E-state index contributed by atoms with van der Waals surface area (Å²) in [6, 6.07) is 9.70. The zero-order chi connectivity index (χ0) is 22.9. The van der Waals surface area contributed by atoms with Crippen LogP contribution >= 0.6 is 0 Å². The van der Waals surface area contributed by atoms with E-state index in [0.717, 1.165) is 50.3 Å². The van der Waals surface area contributed by atoms with Crippen molar-refractivity contribution in [1.29, 1.82) is 0 Å². The molecule has 1 amide bonds. The zero-order valence-electron chi connectivity index (χ0n) is 17.9. The van der Waals surface area contributed by atoms with Crippen LogP contribution in [0.4, 0.5) is 15.8 Å². The molecule has 0 saturated heterocycles. The molecule has 0 spiro atoms. The molecule has 2 heterocycles. The van der Waals surface area contributed by atoms with E-state index in [0.29, 0.717) is 16.9 Å². The summed E-state index contributed by atoms with van der Waals surface area (Å²) in [7, 11) is 0. The summed E-state index contributed by atoms with van der Waals surface area (Å²) in [5, 5.41) is 23.1. The Morgan fingerprint density at radius 1 is 1.12 bits per heavy atom. The maximum absolute atomic E-state index is 14.3. The minimum atomic E-state index is -0.912. The van der Waals surface area contributed by atoms with Gasteiger partial charge in [-0.25, -0.2) is 9.07 Å². The van der Waals surface area contributed by atoms with E-state index >= 15 is 0 Å².